The molecule has 0 aliphatic carbocycles. The van der Waals surface area contributed by atoms with Gasteiger partial charge < -0.3 is 20.1 Å². The van der Waals surface area contributed by atoms with Gasteiger partial charge in [0.15, 0.2) is 0 Å². The maximum absolute atomic E-state index is 12.0. The van der Waals surface area contributed by atoms with Crippen molar-refractivity contribution < 1.29 is 19.4 Å². The van der Waals surface area contributed by atoms with E-state index in [0.717, 1.165) is 13.0 Å². The Kier molecular flexibility index (Phi) is 3.71. The number of carboxylic acids is 1. The molecule has 2 rings (SSSR count). The third-order valence-corrected chi connectivity index (χ3v) is 4.24. The van der Waals surface area contributed by atoms with E-state index in [2.05, 4.69) is 12.2 Å². The molecule has 2 N–H and O–H groups in total. The number of urea groups is 1. The van der Waals surface area contributed by atoms with Crippen LogP contribution in [-0.4, -0.2) is 54.9 Å². The van der Waals surface area contributed by atoms with Crippen molar-refractivity contribution in [2.45, 2.75) is 26.7 Å². The number of rotatable bonds is 3. The molecule has 6 nitrogen and oxygen atoms in total. The van der Waals surface area contributed by atoms with Gasteiger partial charge in [0.1, 0.15) is 0 Å². The molecule has 0 bridgehead atoms. The van der Waals surface area contributed by atoms with Crippen LogP contribution < -0.4 is 5.32 Å². The van der Waals surface area contributed by atoms with Crippen LogP contribution >= 0.6 is 0 Å². The van der Waals surface area contributed by atoms with E-state index in [1.165, 1.54) is 0 Å². The summed E-state index contributed by atoms with van der Waals surface area (Å²) in [5.41, 5.74) is -0.802. The van der Waals surface area contributed by atoms with Crippen molar-refractivity contribution >= 4 is 12.0 Å². The van der Waals surface area contributed by atoms with Crippen molar-refractivity contribution in [2.75, 3.05) is 32.8 Å². The number of amides is 2. The summed E-state index contributed by atoms with van der Waals surface area (Å²) in [5, 5.41) is 12.0. The zero-order chi connectivity index (χ0) is 14.1. The van der Waals surface area contributed by atoms with Crippen molar-refractivity contribution in [3.05, 3.63) is 0 Å². The quantitative estimate of drug-likeness (QED) is 0.799. The Bertz CT molecular complexity index is 379. The predicted molar refractivity (Wildman–Crippen MR) is 68.9 cm³/mol. The topological polar surface area (TPSA) is 78.9 Å². The van der Waals surface area contributed by atoms with Crippen molar-refractivity contribution in [1.82, 2.24) is 10.2 Å². The van der Waals surface area contributed by atoms with Gasteiger partial charge >= 0.3 is 12.0 Å². The van der Waals surface area contributed by atoms with Crippen LogP contribution in [0.3, 0.4) is 0 Å². The van der Waals surface area contributed by atoms with E-state index in [1.54, 1.807) is 11.8 Å². The molecule has 2 fully saturated rings. The van der Waals surface area contributed by atoms with Gasteiger partial charge in [0.2, 0.25) is 0 Å². The van der Waals surface area contributed by atoms with Crippen molar-refractivity contribution in [3.8, 4) is 0 Å². The van der Waals surface area contributed by atoms with Gasteiger partial charge in [-0.25, -0.2) is 4.79 Å². The lowest BCUT2D eigenvalue weighted by molar-refractivity contribution is -0.147. The lowest BCUT2D eigenvalue weighted by atomic mass is 9.90. The molecular formula is C13H22N2O4. The van der Waals surface area contributed by atoms with Crippen LogP contribution in [0.2, 0.25) is 0 Å². The zero-order valence-electron chi connectivity index (χ0n) is 11.6. The first-order chi connectivity index (χ1) is 8.85. The van der Waals surface area contributed by atoms with Crippen molar-refractivity contribution in [1.29, 1.82) is 0 Å². The van der Waals surface area contributed by atoms with Gasteiger partial charge in [-0.05, 0) is 19.8 Å². The van der Waals surface area contributed by atoms with Crippen molar-refractivity contribution in [2.24, 2.45) is 10.8 Å². The Morgan fingerprint density at radius 2 is 2.11 bits per heavy atom. The molecule has 2 saturated heterocycles. The number of nitrogens with one attached hydrogen (secondary N) is 1. The van der Waals surface area contributed by atoms with E-state index < -0.39 is 11.4 Å². The molecule has 0 spiro atoms. The maximum atomic E-state index is 12.0. The highest BCUT2D eigenvalue weighted by molar-refractivity contribution is 5.79. The molecule has 0 aromatic carbocycles. The number of likely N-dealkylation sites (tertiary alicyclic amines) is 1. The number of hydrogen-bond acceptors (Lipinski definition) is 3. The second-order valence-electron chi connectivity index (χ2n) is 6.31. The molecule has 2 atom stereocenters. The average molecular weight is 270 g/mol. The second-order valence-corrected chi connectivity index (χ2v) is 6.31. The third kappa shape index (κ3) is 3.00. The van der Waals surface area contributed by atoms with Crippen LogP contribution in [0.1, 0.15) is 26.7 Å². The molecule has 19 heavy (non-hydrogen) atoms. The minimum atomic E-state index is -0.834. The largest absolute Gasteiger partial charge is 0.481 e. The summed E-state index contributed by atoms with van der Waals surface area (Å²) >= 11 is 0. The summed E-state index contributed by atoms with van der Waals surface area (Å²) in [7, 11) is 0. The Balaban J connectivity index is 1.83. The predicted octanol–water partition coefficient (Wildman–Crippen LogP) is 0.919. The van der Waals surface area contributed by atoms with Gasteiger partial charge in [0, 0.05) is 31.7 Å². The lowest BCUT2D eigenvalue weighted by Crippen LogP contribution is -2.44. The lowest BCUT2D eigenvalue weighted by Gasteiger charge is -2.25. The number of carboxylic acid groups (broad SMARTS) is 1. The SMILES string of the molecule is CC1(CNC(=O)N2CCC(C)(C(=O)O)C2)CCOC1. The van der Waals surface area contributed by atoms with Gasteiger partial charge in [-0.15, -0.1) is 0 Å². The molecule has 0 radical (unpaired) electrons. The number of hydrogen-bond donors (Lipinski definition) is 2. The molecule has 2 heterocycles. The van der Waals surface area contributed by atoms with E-state index in [0.29, 0.717) is 26.1 Å². The Hall–Kier alpha value is -1.30. The number of carbonyl (C=O) groups excluding carboxylic acids is 1. The minimum Gasteiger partial charge on any atom is -0.481 e. The second kappa shape index (κ2) is 5.00. The van der Waals surface area contributed by atoms with Crippen LogP contribution in [0.4, 0.5) is 4.79 Å². The fourth-order valence-corrected chi connectivity index (χ4v) is 2.56. The number of nitrogens with zero attached hydrogens (tertiary/aromatic N) is 1. The van der Waals surface area contributed by atoms with E-state index in [-0.39, 0.29) is 18.0 Å². The summed E-state index contributed by atoms with van der Waals surface area (Å²) < 4.78 is 5.34. The molecule has 0 saturated carbocycles. The number of aliphatic carboxylic acids is 1. The van der Waals surface area contributed by atoms with Crippen LogP contribution in [0.25, 0.3) is 0 Å². The monoisotopic (exact) mass is 270 g/mol. The van der Waals surface area contributed by atoms with Gasteiger partial charge in [-0.1, -0.05) is 6.92 Å². The number of carbonyl (C=O) groups is 2. The summed E-state index contributed by atoms with van der Waals surface area (Å²) in [6.45, 7) is 6.54. The van der Waals surface area contributed by atoms with Crippen LogP contribution in [0.5, 0.6) is 0 Å². The molecular weight excluding hydrogens is 248 g/mol. The average Bonchev–Trinajstić information content (AvgIpc) is 2.95. The molecule has 6 heteroatoms. The van der Waals surface area contributed by atoms with Gasteiger partial charge in [0.05, 0.1) is 12.0 Å². The minimum absolute atomic E-state index is 0.00544. The number of ether oxygens (including phenoxy) is 1. The van der Waals surface area contributed by atoms with Crippen LogP contribution in [-0.2, 0) is 9.53 Å². The Morgan fingerprint density at radius 1 is 1.37 bits per heavy atom. The first kappa shape index (κ1) is 14.1. The maximum Gasteiger partial charge on any atom is 0.317 e. The van der Waals surface area contributed by atoms with E-state index in [1.807, 2.05) is 0 Å². The highest BCUT2D eigenvalue weighted by Crippen LogP contribution is 2.30. The smallest absolute Gasteiger partial charge is 0.317 e. The summed E-state index contributed by atoms with van der Waals surface area (Å²) in [6.07, 6.45) is 1.45. The molecule has 2 unspecified atom stereocenters. The highest BCUT2D eigenvalue weighted by Gasteiger charge is 2.42. The first-order valence-corrected chi connectivity index (χ1v) is 6.69. The van der Waals surface area contributed by atoms with E-state index in [9.17, 15) is 9.59 Å². The fraction of sp³-hybridized carbons (Fsp3) is 0.846. The standard InChI is InChI=1S/C13H22N2O4/c1-12(4-6-19-9-12)7-14-11(18)15-5-3-13(2,8-15)10(16)17/h3-9H2,1-2H3,(H,14,18)(H,16,17). The normalized spacial score (nSPS) is 34.5. The van der Waals surface area contributed by atoms with E-state index in [4.69, 9.17) is 9.84 Å². The molecule has 2 aliphatic rings. The molecule has 0 aromatic heterocycles. The Labute approximate surface area is 113 Å². The molecule has 0 aromatic rings. The first-order valence-electron chi connectivity index (χ1n) is 6.69. The molecule has 2 amide bonds. The van der Waals surface area contributed by atoms with Gasteiger partial charge in [-0.2, -0.15) is 0 Å². The summed E-state index contributed by atoms with van der Waals surface area (Å²) in [5.74, 6) is -0.834. The van der Waals surface area contributed by atoms with Crippen LogP contribution in [0, 0.1) is 10.8 Å². The van der Waals surface area contributed by atoms with Gasteiger partial charge in [-0.3, -0.25) is 4.79 Å². The Morgan fingerprint density at radius 3 is 2.63 bits per heavy atom. The molecule has 2 aliphatic heterocycles. The summed E-state index contributed by atoms with van der Waals surface area (Å²) in [4.78, 5) is 24.8. The third-order valence-electron chi connectivity index (χ3n) is 4.24. The molecule has 108 valence electrons. The van der Waals surface area contributed by atoms with Crippen molar-refractivity contribution in [3.63, 3.8) is 0 Å². The van der Waals surface area contributed by atoms with Crippen LogP contribution in [0.15, 0.2) is 0 Å². The highest BCUT2D eigenvalue weighted by atomic mass is 16.5. The van der Waals surface area contributed by atoms with E-state index >= 15 is 0 Å². The zero-order valence-corrected chi connectivity index (χ0v) is 11.6. The summed E-state index contributed by atoms with van der Waals surface area (Å²) in [6, 6.07) is -0.168. The van der Waals surface area contributed by atoms with Gasteiger partial charge in [0.25, 0.3) is 0 Å². The fourth-order valence-electron chi connectivity index (χ4n) is 2.56.